The number of carbonyl (C=O) groups excluding carboxylic acids is 3. The van der Waals surface area contributed by atoms with Crippen LogP contribution in [0.15, 0.2) is 58.9 Å². The highest BCUT2D eigenvalue weighted by molar-refractivity contribution is 6.04. The zero-order valence-corrected chi connectivity index (χ0v) is 17.5. The molecule has 7 heteroatoms. The van der Waals surface area contributed by atoms with Crippen LogP contribution in [-0.4, -0.2) is 39.2 Å². The molecule has 0 radical (unpaired) electrons. The first kappa shape index (κ1) is 21.1. The molecule has 3 aliphatic rings. The normalized spacial score (nSPS) is 14.4. The van der Waals surface area contributed by atoms with E-state index in [1.807, 2.05) is 24.3 Å². The zero-order valence-electron chi connectivity index (χ0n) is 17.5. The number of allylic oxidation sites excluding steroid dienone is 2. The molecule has 7 nitrogen and oxygen atoms in total. The standard InChI is InChI=1S/C23H23NO6/c1-12-18(22(26)29-4)20(19(13(2)24-12)23(27)30-5)16-11-17(21(25)28-3)15-10-8-6-7-9-14(15)16/h6-11,20,24H,1-5H3. The lowest BCUT2D eigenvalue weighted by Crippen LogP contribution is -2.32. The predicted molar refractivity (Wildman–Crippen MR) is 110 cm³/mol. The highest BCUT2D eigenvalue weighted by Crippen LogP contribution is 2.45. The number of carbonyl (C=O) groups is 3. The minimum Gasteiger partial charge on any atom is -0.466 e. The zero-order chi connectivity index (χ0) is 22.0. The molecule has 0 aromatic rings. The van der Waals surface area contributed by atoms with Crippen LogP contribution in [0.3, 0.4) is 0 Å². The van der Waals surface area contributed by atoms with Crippen molar-refractivity contribution in [2.24, 2.45) is 0 Å². The Morgan fingerprint density at radius 2 is 1.27 bits per heavy atom. The van der Waals surface area contributed by atoms with Crippen LogP contribution in [0.25, 0.3) is 11.1 Å². The van der Waals surface area contributed by atoms with Crippen LogP contribution < -0.4 is 5.32 Å². The van der Waals surface area contributed by atoms with E-state index in [0.717, 1.165) is 5.56 Å². The fourth-order valence-electron chi connectivity index (χ4n) is 3.93. The van der Waals surface area contributed by atoms with Gasteiger partial charge in [0, 0.05) is 11.4 Å². The van der Waals surface area contributed by atoms with Crippen molar-refractivity contribution in [2.45, 2.75) is 19.8 Å². The van der Waals surface area contributed by atoms with E-state index in [-0.39, 0.29) is 11.1 Å². The predicted octanol–water partition coefficient (Wildman–Crippen LogP) is 3.16. The van der Waals surface area contributed by atoms with Crippen LogP contribution in [0.5, 0.6) is 0 Å². The fourth-order valence-corrected chi connectivity index (χ4v) is 3.93. The molecule has 0 unspecified atom stereocenters. The van der Waals surface area contributed by atoms with Crippen LogP contribution in [0.2, 0.25) is 0 Å². The Balaban J connectivity index is 2.37. The van der Waals surface area contributed by atoms with Gasteiger partial charge in [0.2, 0.25) is 0 Å². The molecular weight excluding hydrogens is 386 g/mol. The molecule has 0 aromatic carbocycles. The minimum absolute atomic E-state index is 0.276. The van der Waals surface area contributed by atoms with E-state index in [1.54, 1.807) is 26.0 Å². The number of hydrogen-bond donors (Lipinski definition) is 1. The van der Waals surface area contributed by atoms with Crippen LogP contribution >= 0.6 is 0 Å². The third kappa shape index (κ3) is 3.43. The Labute approximate surface area is 174 Å². The van der Waals surface area contributed by atoms with Gasteiger partial charge in [-0.15, -0.1) is 0 Å². The maximum atomic E-state index is 12.7. The summed E-state index contributed by atoms with van der Waals surface area (Å²) < 4.78 is 15.0. The molecule has 0 saturated carbocycles. The van der Waals surface area contributed by atoms with Crippen molar-refractivity contribution >= 4 is 17.9 Å². The first-order valence-electron chi connectivity index (χ1n) is 9.30. The number of ether oxygens (including phenoxy) is 3. The summed E-state index contributed by atoms with van der Waals surface area (Å²) in [7, 11) is 3.87. The molecule has 0 amide bonds. The molecule has 30 heavy (non-hydrogen) atoms. The van der Waals surface area contributed by atoms with Gasteiger partial charge in [-0.1, -0.05) is 30.3 Å². The molecule has 2 aliphatic carbocycles. The van der Waals surface area contributed by atoms with E-state index in [0.29, 0.717) is 28.1 Å². The average molecular weight is 409 g/mol. The third-order valence-electron chi connectivity index (χ3n) is 5.23. The van der Waals surface area contributed by atoms with Crippen LogP contribution in [0.4, 0.5) is 0 Å². The summed E-state index contributed by atoms with van der Waals surface area (Å²) in [6.45, 7) is 3.48. The molecule has 1 aliphatic heterocycles. The number of rotatable bonds is 4. The van der Waals surface area contributed by atoms with Crippen LogP contribution in [0.1, 0.15) is 35.7 Å². The number of hydrogen-bond acceptors (Lipinski definition) is 7. The first-order chi connectivity index (χ1) is 14.3. The molecule has 0 atom stereocenters. The lowest BCUT2D eigenvalue weighted by Gasteiger charge is -2.30. The van der Waals surface area contributed by atoms with E-state index in [2.05, 4.69) is 5.32 Å². The van der Waals surface area contributed by atoms with Gasteiger partial charge in [-0.2, -0.15) is 0 Å². The smallest absolute Gasteiger partial charge is 0.338 e. The Bertz CT molecular complexity index is 1030. The Morgan fingerprint density at radius 3 is 1.77 bits per heavy atom. The number of methoxy groups -OCH3 is 3. The highest BCUT2D eigenvalue weighted by Gasteiger charge is 2.40. The first-order valence-corrected chi connectivity index (χ1v) is 9.30. The molecule has 0 spiro atoms. The van der Waals surface area contributed by atoms with Crippen LogP contribution in [-0.2, 0) is 23.8 Å². The molecular formula is C23H23NO6. The monoisotopic (exact) mass is 409 g/mol. The van der Waals surface area contributed by atoms with Crippen molar-refractivity contribution in [3.8, 4) is 11.1 Å². The average Bonchev–Trinajstić information content (AvgIpc) is 2.92. The summed E-state index contributed by atoms with van der Waals surface area (Å²) in [6.07, 6.45) is 0. The Kier molecular flexibility index (Phi) is 5.91. The molecule has 156 valence electrons. The second-order valence-electron chi connectivity index (χ2n) is 6.86. The Hall–Kier alpha value is -3.61. The molecule has 1 heterocycles. The second kappa shape index (κ2) is 8.41. The maximum absolute atomic E-state index is 12.7. The fraction of sp³-hybridized carbons (Fsp3) is 0.261. The quantitative estimate of drug-likeness (QED) is 0.613. The van der Waals surface area contributed by atoms with E-state index in [9.17, 15) is 14.4 Å². The molecule has 1 N–H and O–H groups in total. The van der Waals surface area contributed by atoms with Crippen molar-refractivity contribution in [3.63, 3.8) is 0 Å². The van der Waals surface area contributed by atoms with Crippen molar-refractivity contribution < 1.29 is 28.6 Å². The lowest BCUT2D eigenvalue weighted by molar-refractivity contribution is -0.137. The molecule has 0 fully saturated rings. The summed E-state index contributed by atoms with van der Waals surface area (Å²) in [5, 5.41) is 3.07. The summed E-state index contributed by atoms with van der Waals surface area (Å²) in [5.74, 6) is -2.44. The highest BCUT2D eigenvalue weighted by atomic mass is 16.5. The number of fused-ring (bicyclic) bond motifs is 1. The van der Waals surface area contributed by atoms with Gasteiger partial charge in [0.15, 0.2) is 0 Å². The van der Waals surface area contributed by atoms with Crippen LogP contribution in [0, 0.1) is 0 Å². The van der Waals surface area contributed by atoms with E-state index >= 15 is 0 Å². The SMILES string of the molecule is COC(=O)C1=C(C)NC(C)=C(C(=O)OC)C1c1cc(C(=O)OC)c2cccccc1-2. The topological polar surface area (TPSA) is 90.9 Å². The van der Waals surface area contributed by atoms with Gasteiger partial charge in [-0.05, 0) is 36.6 Å². The van der Waals surface area contributed by atoms with Gasteiger partial charge in [-0.25, -0.2) is 14.4 Å². The van der Waals surface area contributed by atoms with E-state index in [1.165, 1.54) is 21.3 Å². The maximum Gasteiger partial charge on any atom is 0.338 e. The molecule has 0 saturated heterocycles. The molecule has 3 rings (SSSR count). The summed E-state index contributed by atoms with van der Waals surface area (Å²) in [6, 6.07) is 10.8. The lowest BCUT2D eigenvalue weighted by atomic mass is 9.79. The molecule has 0 aromatic heterocycles. The summed E-state index contributed by atoms with van der Waals surface area (Å²) in [4.78, 5) is 37.9. The van der Waals surface area contributed by atoms with Gasteiger partial charge in [0.1, 0.15) is 0 Å². The second-order valence-corrected chi connectivity index (χ2v) is 6.86. The third-order valence-corrected chi connectivity index (χ3v) is 5.23. The largest absolute Gasteiger partial charge is 0.466 e. The van der Waals surface area contributed by atoms with Gasteiger partial charge in [0.25, 0.3) is 0 Å². The van der Waals surface area contributed by atoms with Crippen molar-refractivity contribution in [1.82, 2.24) is 5.32 Å². The number of esters is 3. The van der Waals surface area contributed by atoms with E-state index < -0.39 is 23.8 Å². The minimum atomic E-state index is -0.783. The number of dihydropyridines is 1. The van der Waals surface area contributed by atoms with Crippen molar-refractivity contribution in [1.29, 1.82) is 0 Å². The summed E-state index contributed by atoms with van der Waals surface area (Å²) in [5.41, 5.74) is 4.01. The van der Waals surface area contributed by atoms with Crippen molar-refractivity contribution in [3.05, 3.63) is 70.1 Å². The Morgan fingerprint density at radius 1 is 0.767 bits per heavy atom. The van der Waals surface area contributed by atoms with E-state index in [4.69, 9.17) is 14.2 Å². The molecule has 0 bridgehead atoms. The van der Waals surface area contributed by atoms with Crippen molar-refractivity contribution in [2.75, 3.05) is 21.3 Å². The van der Waals surface area contributed by atoms with Gasteiger partial charge in [0.05, 0.1) is 44.0 Å². The summed E-state index contributed by atoms with van der Waals surface area (Å²) >= 11 is 0. The van der Waals surface area contributed by atoms with Gasteiger partial charge >= 0.3 is 17.9 Å². The van der Waals surface area contributed by atoms with Gasteiger partial charge < -0.3 is 19.5 Å². The number of nitrogens with one attached hydrogen (secondary N) is 1. The van der Waals surface area contributed by atoms with Gasteiger partial charge in [-0.3, -0.25) is 0 Å².